The molecule has 0 spiro atoms. The first-order valence-corrected chi connectivity index (χ1v) is 8.09. The molecule has 0 aliphatic carbocycles. The summed E-state index contributed by atoms with van der Waals surface area (Å²) in [5, 5.41) is 10.5. The minimum absolute atomic E-state index is 0.249. The van der Waals surface area contributed by atoms with Crippen molar-refractivity contribution in [1.29, 1.82) is 0 Å². The molecular formula is C18H24ClNO3. The predicted octanol–water partition coefficient (Wildman–Crippen LogP) is 4.23. The van der Waals surface area contributed by atoms with Crippen molar-refractivity contribution in [3.05, 3.63) is 47.0 Å². The van der Waals surface area contributed by atoms with Crippen LogP contribution in [0.4, 0.5) is 4.79 Å². The molecule has 0 bridgehead atoms. The Morgan fingerprint density at radius 1 is 1.39 bits per heavy atom. The third-order valence-corrected chi connectivity index (χ3v) is 4.33. The Morgan fingerprint density at radius 2 is 2.00 bits per heavy atom. The molecule has 1 fully saturated rings. The summed E-state index contributed by atoms with van der Waals surface area (Å²) in [5.41, 5.74) is 1.59. The fourth-order valence-corrected chi connectivity index (χ4v) is 3.36. The quantitative estimate of drug-likeness (QED) is 0.821. The predicted molar refractivity (Wildman–Crippen MR) is 92.0 cm³/mol. The molecule has 1 N–H and O–H groups in total. The maximum Gasteiger partial charge on any atom is 0.408 e. The molecule has 2 atom stereocenters. The third-order valence-electron chi connectivity index (χ3n) is 4.08. The maximum absolute atomic E-state index is 12.0. The van der Waals surface area contributed by atoms with E-state index in [-0.39, 0.29) is 17.5 Å². The van der Waals surface area contributed by atoms with E-state index in [1.165, 1.54) is 4.90 Å². The molecule has 2 unspecified atom stereocenters. The normalized spacial score (nSPS) is 22.8. The van der Waals surface area contributed by atoms with Gasteiger partial charge in [-0.05, 0) is 35.1 Å². The zero-order valence-corrected chi connectivity index (χ0v) is 14.6. The first kappa shape index (κ1) is 17.8. The Morgan fingerprint density at radius 3 is 2.52 bits per heavy atom. The van der Waals surface area contributed by atoms with Crippen molar-refractivity contribution in [1.82, 2.24) is 4.90 Å². The highest BCUT2D eigenvalue weighted by Gasteiger charge is 2.41. The van der Waals surface area contributed by atoms with Gasteiger partial charge in [0.25, 0.3) is 0 Å². The zero-order valence-electron chi connectivity index (χ0n) is 13.9. The first-order chi connectivity index (χ1) is 10.7. The lowest BCUT2D eigenvalue weighted by Gasteiger charge is -2.41. The van der Waals surface area contributed by atoms with Crippen molar-refractivity contribution in [2.45, 2.75) is 39.3 Å². The van der Waals surface area contributed by atoms with Crippen LogP contribution in [0.15, 0.2) is 36.4 Å². The molecule has 1 aromatic carbocycles. The summed E-state index contributed by atoms with van der Waals surface area (Å²) in [4.78, 5) is 13.5. The van der Waals surface area contributed by atoms with E-state index in [1.807, 2.05) is 45.0 Å². The van der Waals surface area contributed by atoms with E-state index in [4.69, 9.17) is 16.3 Å². The van der Waals surface area contributed by atoms with Gasteiger partial charge in [-0.2, -0.15) is 0 Å². The van der Waals surface area contributed by atoms with Gasteiger partial charge in [0, 0.05) is 5.02 Å². The highest BCUT2D eigenvalue weighted by molar-refractivity contribution is 6.30. The maximum atomic E-state index is 12.0. The molecule has 126 valence electrons. The minimum Gasteiger partial charge on any atom is -0.465 e. The van der Waals surface area contributed by atoms with E-state index in [9.17, 15) is 9.90 Å². The van der Waals surface area contributed by atoms with Gasteiger partial charge in [0.05, 0.1) is 25.3 Å². The molecule has 0 radical (unpaired) electrons. The molecule has 1 aliphatic rings. The lowest BCUT2D eigenvalue weighted by atomic mass is 9.81. The van der Waals surface area contributed by atoms with Gasteiger partial charge in [0.15, 0.2) is 0 Å². The molecule has 1 saturated heterocycles. The summed E-state index contributed by atoms with van der Waals surface area (Å²) < 4.78 is 5.69. The van der Waals surface area contributed by atoms with E-state index in [0.717, 1.165) is 11.1 Å². The summed E-state index contributed by atoms with van der Waals surface area (Å²) >= 11 is 5.92. The number of ether oxygens (including phenoxy) is 1. The van der Waals surface area contributed by atoms with Gasteiger partial charge in [-0.3, -0.25) is 4.90 Å². The molecule has 23 heavy (non-hydrogen) atoms. The number of amides is 1. The van der Waals surface area contributed by atoms with Gasteiger partial charge in [0.1, 0.15) is 0 Å². The van der Waals surface area contributed by atoms with E-state index in [2.05, 4.69) is 6.58 Å². The molecule has 0 saturated carbocycles. The number of nitrogens with zero attached hydrogens (tertiary/aromatic N) is 1. The van der Waals surface area contributed by atoms with Gasteiger partial charge in [-0.25, -0.2) is 4.79 Å². The van der Waals surface area contributed by atoms with Gasteiger partial charge >= 0.3 is 6.09 Å². The molecule has 4 nitrogen and oxygen atoms in total. The van der Waals surface area contributed by atoms with Crippen LogP contribution in [-0.4, -0.2) is 41.4 Å². The van der Waals surface area contributed by atoms with E-state index in [0.29, 0.717) is 24.7 Å². The van der Waals surface area contributed by atoms with Crippen molar-refractivity contribution in [2.75, 3.05) is 13.2 Å². The average Bonchev–Trinajstić information content (AvgIpc) is 2.60. The molecule has 0 aromatic heterocycles. The second kappa shape index (κ2) is 6.93. The van der Waals surface area contributed by atoms with Crippen LogP contribution >= 0.6 is 11.6 Å². The molecule has 2 rings (SSSR count). The van der Waals surface area contributed by atoms with E-state index < -0.39 is 6.09 Å². The Labute approximate surface area is 142 Å². The number of carboxylic acid groups (broad SMARTS) is 1. The topological polar surface area (TPSA) is 49.8 Å². The molecular weight excluding hydrogens is 314 g/mol. The van der Waals surface area contributed by atoms with Gasteiger partial charge in [-0.1, -0.05) is 51.1 Å². The number of carbonyl (C=O) groups is 1. The lowest BCUT2D eigenvalue weighted by Crippen LogP contribution is -2.53. The van der Waals surface area contributed by atoms with Crippen molar-refractivity contribution in [3.8, 4) is 0 Å². The van der Waals surface area contributed by atoms with Crippen LogP contribution in [0.2, 0.25) is 5.02 Å². The SMILES string of the molecule is C=C1COCC(Cc2ccc(Cl)cc2)N(C(=O)O)C1C(C)(C)C. The summed E-state index contributed by atoms with van der Waals surface area (Å²) in [6.45, 7) is 10.9. The number of hydrogen-bond acceptors (Lipinski definition) is 2. The molecule has 1 heterocycles. The lowest BCUT2D eigenvalue weighted by molar-refractivity contribution is 0.0571. The summed E-state index contributed by atoms with van der Waals surface area (Å²) in [6.07, 6.45) is -0.348. The van der Waals surface area contributed by atoms with E-state index >= 15 is 0 Å². The number of hydrogen-bond donors (Lipinski definition) is 1. The first-order valence-electron chi connectivity index (χ1n) is 7.71. The average molecular weight is 338 g/mol. The highest BCUT2D eigenvalue weighted by atomic mass is 35.5. The smallest absolute Gasteiger partial charge is 0.408 e. The van der Waals surface area contributed by atoms with Gasteiger partial charge in [-0.15, -0.1) is 0 Å². The Kier molecular flexibility index (Phi) is 5.37. The molecule has 5 heteroatoms. The molecule has 1 aliphatic heterocycles. The van der Waals surface area contributed by atoms with Crippen molar-refractivity contribution < 1.29 is 14.6 Å². The largest absolute Gasteiger partial charge is 0.465 e. The van der Waals surface area contributed by atoms with Crippen LogP contribution in [0, 0.1) is 5.41 Å². The van der Waals surface area contributed by atoms with Crippen LogP contribution in [0.1, 0.15) is 26.3 Å². The highest BCUT2D eigenvalue weighted by Crippen LogP contribution is 2.33. The number of benzene rings is 1. The number of rotatable bonds is 2. The van der Waals surface area contributed by atoms with Crippen molar-refractivity contribution in [3.63, 3.8) is 0 Å². The summed E-state index contributed by atoms with van der Waals surface area (Å²) in [6, 6.07) is 6.96. The third kappa shape index (κ3) is 4.27. The minimum atomic E-state index is -0.935. The van der Waals surface area contributed by atoms with Crippen LogP contribution in [0.5, 0.6) is 0 Å². The van der Waals surface area contributed by atoms with Gasteiger partial charge in [0.2, 0.25) is 0 Å². The molecule has 1 aromatic rings. The van der Waals surface area contributed by atoms with Crippen LogP contribution in [0.25, 0.3) is 0 Å². The Hall–Kier alpha value is -1.52. The zero-order chi connectivity index (χ0) is 17.2. The Balaban J connectivity index is 2.33. The second-order valence-electron chi connectivity index (χ2n) is 7.12. The van der Waals surface area contributed by atoms with E-state index in [1.54, 1.807) is 0 Å². The second-order valence-corrected chi connectivity index (χ2v) is 7.55. The van der Waals surface area contributed by atoms with Crippen LogP contribution in [0.3, 0.4) is 0 Å². The monoisotopic (exact) mass is 337 g/mol. The Bertz CT molecular complexity index is 577. The standard InChI is InChI=1S/C18H24ClNO3/c1-12-10-23-11-15(9-13-5-7-14(19)8-6-13)20(17(21)22)16(12)18(2,3)4/h5-8,15-16H,1,9-11H2,2-4H3,(H,21,22). The van der Waals surface area contributed by atoms with Crippen molar-refractivity contribution in [2.24, 2.45) is 5.41 Å². The summed E-state index contributed by atoms with van der Waals surface area (Å²) in [7, 11) is 0. The van der Waals surface area contributed by atoms with Crippen LogP contribution < -0.4 is 0 Å². The molecule has 1 amide bonds. The van der Waals surface area contributed by atoms with Crippen molar-refractivity contribution >= 4 is 17.7 Å². The van der Waals surface area contributed by atoms with Gasteiger partial charge < -0.3 is 9.84 Å². The fourth-order valence-electron chi connectivity index (χ4n) is 3.24. The van der Waals surface area contributed by atoms with Crippen LogP contribution in [-0.2, 0) is 11.2 Å². The summed E-state index contributed by atoms with van der Waals surface area (Å²) in [5.74, 6) is 0. The fraction of sp³-hybridized carbons (Fsp3) is 0.500. The number of halogens is 1.